The molecule has 0 radical (unpaired) electrons. The molecule has 25 heavy (non-hydrogen) atoms. The van der Waals surface area contributed by atoms with Gasteiger partial charge in [-0.1, -0.05) is 59.3 Å². The minimum Gasteiger partial charge on any atom is -0.418 e. The minimum absolute atomic E-state index is 1.34. The SMILES string of the molecule is CCCCCC[N+](C)(CCCCCC)CCCCCC.F[B-](F)(F)F. The lowest BCUT2D eigenvalue weighted by Crippen LogP contribution is -2.46. The first kappa shape index (κ1) is 27.0. The third-order valence-electron chi connectivity index (χ3n) is 4.65. The zero-order valence-electron chi connectivity index (χ0n) is 17.1. The molecular weight excluding hydrogens is 329 g/mol. The molecule has 0 aromatic carbocycles. The topological polar surface area (TPSA) is 0 Å². The summed E-state index contributed by atoms with van der Waals surface area (Å²) >= 11 is 0. The van der Waals surface area contributed by atoms with E-state index >= 15 is 0 Å². The third kappa shape index (κ3) is 26.1. The number of nitrogens with zero attached hydrogens (tertiary/aromatic N) is 1. The second-order valence-electron chi connectivity index (χ2n) is 7.47. The molecule has 0 aromatic heterocycles. The monoisotopic (exact) mass is 371 g/mol. The van der Waals surface area contributed by atoms with Crippen molar-refractivity contribution in [2.45, 2.75) is 97.8 Å². The Hall–Kier alpha value is -0.255. The fourth-order valence-electron chi connectivity index (χ4n) is 3.10. The van der Waals surface area contributed by atoms with Crippen molar-refractivity contribution in [3.8, 4) is 0 Å². The van der Waals surface area contributed by atoms with Gasteiger partial charge in [0.25, 0.3) is 0 Å². The van der Waals surface area contributed by atoms with Gasteiger partial charge in [-0.15, -0.1) is 0 Å². The molecule has 0 unspecified atom stereocenters. The second-order valence-corrected chi connectivity index (χ2v) is 7.47. The van der Waals surface area contributed by atoms with Crippen LogP contribution in [0, 0.1) is 0 Å². The van der Waals surface area contributed by atoms with Crippen LogP contribution in [0.25, 0.3) is 0 Å². The van der Waals surface area contributed by atoms with E-state index < -0.39 is 7.25 Å². The number of quaternary nitrogens is 1. The lowest BCUT2D eigenvalue weighted by atomic mass is 10.1. The van der Waals surface area contributed by atoms with E-state index in [2.05, 4.69) is 27.8 Å². The first-order valence-electron chi connectivity index (χ1n) is 10.4. The van der Waals surface area contributed by atoms with Crippen LogP contribution < -0.4 is 0 Å². The summed E-state index contributed by atoms with van der Waals surface area (Å²) in [5.74, 6) is 0. The standard InChI is InChI=1S/C19H42N.BF4/c1-5-8-11-14-17-20(4,18-15-12-9-6-2)19-16-13-10-7-3;2-1(3,4)5/h5-19H2,1-4H3;/q+1;-1. The smallest absolute Gasteiger partial charge is 0.418 e. The van der Waals surface area contributed by atoms with Crippen LogP contribution in [-0.2, 0) is 0 Å². The third-order valence-corrected chi connectivity index (χ3v) is 4.65. The van der Waals surface area contributed by atoms with E-state index in [1.54, 1.807) is 0 Å². The van der Waals surface area contributed by atoms with Crippen molar-refractivity contribution in [1.82, 2.24) is 0 Å². The molecule has 0 fully saturated rings. The van der Waals surface area contributed by atoms with Gasteiger partial charge in [-0.25, -0.2) is 0 Å². The molecule has 0 aromatic rings. The van der Waals surface area contributed by atoms with Crippen molar-refractivity contribution in [2.75, 3.05) is 26.7 Å². The van der Waals surface area contributed by atoms with Gasteiger partial charge in [0.15, 0.2) is 0 Å². The average molecular weight is 371 g/mol. The summed E-state index contributed by atoms with van der Waals surface area (Å²) in [5.41, 5.74) is 0. The molecule has 0 amide bonds. The molecule has 0 saturated heterocycles. The summed E-state index contributed by atoms with van der Waals surface area (Å²) in [5, 5.41) is 0. The van der Waals surface area contributed by atoms with E-state index in [0.717, 1.165) is 0 Å². The first-order chi connectivity index (χ1) is 11.7. The molecule has 0 saturated carbocycles. The van der Waals surface area contributed by atoms with Gasteiger partial charge < -0.3 is 21.7 Å². The van der Waals surface area contributed by atoms with E-state index in [0.29, 0.717) is 0 Å². The predicted octanol–water partition coefficient (Wildman–Crippen LogP) is 7.47. The van der Waals surface area contributed by atoms with Crippen LogP contribution in [0.3, 0.4) is 0 Å². The van der Waals surface area contributed by atoms with Crippen molar-refractivity contribution in [3.05, 3.63) is 0 Å². The Labute approximate surface area is 154 Å². The highest BCUT2D eigenvalue weighted by molar-refractivity contribution is 6.50. The summed E-state index contributed by atoms with van der Waals surface area (Å²) < 4.78 is 40.3. The Kier molecular flexibility index (Phi) is 18.5. The van der Waals surface area contributed by atoms with E-state index in [1.807, 2.05) is 0 Å². The summed E-state index contributed by atoms with van der Waals surface area (Å²) in [6, 6.07) is 0. The molecule has 6 heteroatoms. The van der Waals surface area contributed by atoms with E-state index in [-0.39, 0.29) is 0 Å². The van der Waals surface area contributed by atoms with Crippen LogP contribution in [0.15, 0.2) is 0 Å². The fraction of sp³-hybridized carbons (Fsp3) is 1.00. The second kappa shape index (κ2) is 17.2. The lowest BCUT2D eigenvalue weighted by molar-refractivity contribution is -0.910. The Morgan fingerprint density at radius 1 is 0.520 bits per heavy atom. The van der Waals surface area contributed by atoms with Gasteiger partial charge in [0.1, 0.15) is 0 Å². The molecule has 0 heterocycles. The first-order valence-corrected chi connectivity index (χ1v) is 10.4. The van der Waals surface area contributed by atoms with Gasteiger partial charge in [-0.05, 0) is 38.5 Å². The van der Waals surface area contributed by atoms with Gasteiger partial charge in [0, 0.05) is 0 Å². The van der Waals surface area contributed by atoms with Crippen molar-refractivity contribution in [1.29, 1.82) is 0 Å². The number of hydrogen-bond acceptors (Lipinski definition) is 0. The maximum atomic E-state index is 9.75. The van der Waals surface area contributed by atoms with Crippen LogP contribution in [-0.4, -0.2) is 38.4 Å². The maximum absolute atomic E-state index is 9.75. The van der Waals surface area contributed by atoms with Crippen molar-refractivity contribution >= 4 is 7.25 Å². The quantitative estimate of drug-likeness (QED) is 0.121. The van der Waals surface area contributed by atoms with Crippen molar-refractivity contribution in [2.24, 2.45) is 0 Å². The molecule has 0 N–H and O–H groups in total. The van der Waals surface area contributed by atoms with Gasteiger partial charge in [-0.2, -0.15) is 0 Å². The number of rotatable bonds is 15. The molecule has 0 aliphatic heterocycles. The van der Waals surface area contributed by atoms with Crippen LogP contribution in [0.1, 0.15) is 97.8 Å². The Bertz CT molecular complexity index is 235. The largest absolute Gasteiger partial charge is 0.673 e. The number of halogens is 4. The lowest BCUT2D eigenvalue weighted by Gasteiger charge is -2.35. The summed E-state index contributed by atoms with van der Waals surface area (Å²) in [7, 11) is -3.48. The van der Waals surface area contributed by atoms with Gasteiger partial charge in [-0.3, -0.25) is 0 Å². The van der Waals surface area contributed by atoms with Crippen LogP contribution >= 0.6 is 0 Å². The molecule has 154 valence electrons. The molecule has 0 spiro atoms. The Balaban J connectivity index is 0. The van der Waals surface area contributed by atoms with Gasteiger partial charge >= 0.3 is 7.25 Å². The minimum atomic E-state index is -6.00. The molecule has 0 bridgehead atoms. The predicted molar refractivity (Wildman–Crippen MR) is 103 cm³/mol. The zero-order valence-corrected chi connectivity index (χ0v) is 17.1. The zero-order chi connectivity index (χ0) is 19.6. The highest BCUT2D eigenvalue weighted by Gasteiger charge is 2.21. The van der Waals surface area contributed by atoms with Crippen LogP contribution in [0.2, 0.25) is 0 Å². The number of hydrogen-bond donors (Lipinski definition) is 0. The Morgan fingerprint density at radius 2 is 0.760 bits per heavy atom. The fourth-order valence-corrected chi connectivity index (χ4v) is 3.10. The van der Waals surface area contributed by atoms with Crippen LogP contribution in [0.4, 0.5) is 17.3 Å². The van der Waals surface area contributed by atoms with Crippen molar-refractivity contribution < 1.29 is 21.7 Å². The summed E-state index contributed by atoms with van der Waals surface area (Å²) in [6.45, 7) is 11.2. The molecule has 1 nitrogen and oxygen atoms in total. The highest BCUT2D eigenvalue weighted by atomic mass is 19.5. The van der Waals surface area contributed by atoms with Crippen LogP contribution in [0.5, 0.6) is 0 Å². The normalized spacial score (nSPS) is 12.0. The van der Waals surface area contributed by atoms with E-state index in [1.165, 1.54) is 101 Å². The maximum Gasteiger partial charge on any atom is 0.673 e. The average Bonchev–Trinajstić information content (AvgIpc) is 2.51. The number of unbranched alkanes of at least 4 members (excludes halogenated alkanes) is 9. The van der Waals surface area contributed by atoms with Gasteiger partial charge in [0.2, 0.25) is 0 Å². The molecule has 0 aliphatic carbocycles. The van der Waals surface area contributed by atoms with Crippen molar-refractivity contribution in [3.63, 3.8) is 0 Å². The van der Waals surface area contributed by atoms with E-state index in [4.69, 9.17) is 0 Å². The Morgan fingerprint density at radius 3 is 0.960 bits per heavy atom. The van der Waals surface area contributed by atoms with E-state index in [9.17, 15) is 17.3 Å². The summed E-state index contributed by atoms with van der Waals surface area (Å²) in [4.78, 5) is 0. The molecular formula is C19H42BF4N. The van der Waals surface area contributed by atoms with Gasteiger partial charge in [0.05, 0.1) is 26.7 Å². The summed E-state index contributed by atoms with van der Waals surface area (Å²) in [6.07, 6.45) is 17.0. The molecule has 0 aliphatic rings. The highest BCUT2D eigenvalue weighted by Crippen LogP contribution is 2.14. The molecule has 0 rings (SSSR count). The molecule has 0 atom stereocenters.